The van der Waals surface area contributed by atoms with E-state index in [9.17, 15) is 0 Å². The average Bonchev–Trinajstić information content (AvgIpc) is 2.59. The summed E-state index contributed by atoms with van der Waals surface area (Å²) in [5.41, 5.74) is 12.9. The zero-order chi connectivity index (χ0) is 19.1. The molecule has 0 spiro atoms. The Morgan fingerprint density at radius 3 is 2.42 bits per heavy atom. The van der Waals surface area contributed by atoms with Gasteiger partial charge in [-0.25, -0.2) is 0 Å². The fraction of sp³-hybridized carbons (Fsp3) is 0.478. The van der Waals surface area contributed by atoms with Crippen LogP contribution in [-0.4, -0.2) is 32.1 Å². The van der Waals surface area contributed by atoms with Gasteiger partial charge in [0.15, 0.2) is 0 Å². The molecule has 0 bridgehead atoms. The maximum absolute atomic E-state index is 6.17. The van der Waals surface area contributed by atoms with Gasteiger partial charge in [0.1, 0.15) is 5.75 Å². The Morgan fingerprint density at radius 2 is 1.81 bits per heavy atom. The van der Waals surface area contributed by atoms with Gasteiger partial charge < -0.3 is 10.5 Å². The monoisotopic (exact) mass is 352 g/mol. The summed E-state index contributed by atoms with van der Waals surface area (Å²) in [6.45, 7) is 10.5. The molecule has 1 aliphatic heterocycles. The summed E-state index contributed by atoms with van der Waals surface area (Å²) in [7, 11) is 3.94. The van der Waals surface area contributed by atoms with Crippen LogP contribution in [0.3, 0.4) is 0 Å². The van der Waals surface area contributed by atoms with Crippen molar-refractivity contribution in [2.24, 2.45) is 5.73 Å². The van der Waals surface area contributed by atoms with Crippen molar-refractivity contribution in [2.45, 2.75) is 45.1 Å². The molecule has 0 aromatic heterocycles. The van der Waals surface area contributed by atoms with E-state index in [0.717, 1.165) is 12.3 Å². The number of fused-ring (bicyclic) bond motifs is 1. The zero-order valence-corrected chi connectivity index (χ0v) is 17.0. The number of benzene rings is 2. The number of nitrogens with zero attached hydrogens (tertiary/aromatic N) is 1. The minimum Gasteiger partial charge on any atom is -0.496 e. The van der Waals surface area contributed by atoms with Crippen LogP contribution in [0.1, 0.15) is 60.5 Å². The van der Waals surface area contributed by atoms with E-state index in [2.05, 4.69) is 76.0 Å². The number of ether oxygens (including phenoxy) is 1. The third-order valence-electron chi connectivity index (χ3n) is 5.67. The first kappa shape index (κ1) is 18.9. The van der Waals surface area contributed by atoms with Crippen LogP contribution < -0.4 is 10.5 Å². The Kier molecular flexibility index (Phi) is 5.14. The maximum Gasteiger partial charge on any atom is 0.122 e. The van der Waals surface area contributed by atoms with Gasteiger partial charge in [-0.15, -0.1) is 0 Å². The molecule has 3 rings (SSSR count). The lowest BCUT2D eigenvalue weighted by atomic mass is 9.77. The summed E-state index contributed by atoms with van der Waals surface area (Å²) < 4.78 is 5.69. The molecular weight excluding hydrogens is 320 g/mol. The number of aryl methyl sites for hydroxylation is 1. The van der Waals surface area contributed by atoms with E-state index in [1.165, 1.54) is 27.8 Å². The van der Waals surface area contributed by atoms with Gasteiger partial charge in [0.05, 0.1) is 7.11 Å². The van der Waals surface area contributed by atoms with E-state index < -0.39 is 0 Å². The summed E-state index contributed by atoms with van der Waals surface area (Å²) in [4.78, 5) is 2.39. The smallest absolute Gasteiger partial charge is 0.122 e. The first-order valence-electron chi connectivity index (χ1n) is 9.45. The van der Waals surface area contributed by atoms with Crippen LogP contribution >= 0.6 is 0 Å². The van der Waals surface area contributed by atoms with Gasteiger partial charge in [0, 0.05) is 30.6 Å². The molecule has 1 aliphatic rings. The van der Waals surface area contributed by atoms with Crippen LogP contribution in [0.5, 0.6) is 5.75 Å². The largest absolute Gasteiger partial charge is 0.496 e. The first-order chi connectivity index (χ1) is 12.3. The molecule has 2 aromatic rings. The van der Waals surface area contributed by atoms with E-state index in [1.807, 2.05) is 0 Å². The van der Waals surface area contributed by atoms with Crippen LogP contribution in [0.15, 0.2) is 36.4 Å². The Balaban J connectivity index is 2.18. The number of hydrogen-bond donors (Lipinski definition) is 1. The molecule has 2 N–H and O–H groups in total. The molecule has 0 radical (unpaired) electrons. The molecular formula is C23H32N2O. The Hall–Kier alpha value is -1.84. The van der Waals surface area contributed by atoms with Crippen LogP contribution in [0.4, 0.5) is 0 Å². The summed E-state index contributed by atoms with van der Waals surface area (Å²) >= 11 is 0. The third-order valence-corrected chi connectivity index (χ3v) is 5.67. The molecule has 0 fully saturated rings. The second-order valence-electron chi connectivity index (χ2n) is 8.58. The molecule has 2 unspecified atom stereocenters. The van der Waals surface area contributed by atoms with Crippen molar-refractivity contribution in [3.05, 3.63) is 64.2 Å². The number of rotatable bonds is 3. The summed E-state index contributed by atoms with van der Waals surface area (Å²) in [5.74, 6) is 1.26. The van der Waals surface area contributed by atoms with E-state index in [0.29, 0.717) is 12.5 Å². The molecule has 0 aliphatic carbocycles. The Labute approximate surface area is 158 Å². The fourth-order valence-corrected chi connectivity index (χ4v) is 4.10. The van der Waals surface area contributed by atoms with E-state index in [4.69, 9.17) is 10.5 Å². The fourth-order valence-electron chi connectivity index (χ4n) is 4.10. The van der Waals surface area contributed by atoms with Crippen LogP contribution in [0.2, 0.25) is 0 Å². The molecule has 1 heterocycles. The third kappa shape index (κ3) is 3.38. The van der Waals surface area contributed by atoms with Gasteiger partial charge >= 0.3 is 0 Å². The maximum atomic E-state index is 6.17. The minimum atomic E-state index is 0.126. The molecule has 140 valence electrons. The standard InChI is InChI=1S/C23H32N2O/c1-15-7-10-22(26-6)19(11-15)20-14-25(5)21(13-24)18-12-16(23(2,3)4)8-9-17(18)20/h7-12,20-21H,13-14,24H2,1-6H3. The summed E-state index contributed by atoms with van der Waals surface area (Å²) in [6.07, 6.45) is 0. The van der Waals surface area contributed by atoms with E-state index in [-0.39, 0.29) is 11.5 Å². The van der Waals surface area contributed by atoms with Crippen molar-refractivity contribution in [3.63, 3.8) is 0 Å². The number of methoxy groups -OCH3 is 1. The SMILES string of the molecule is COc1ccc(C)cc1C1CN(C)C(CN)c2cc(C(C)(C)C)ccc21. The van der Waals surface area contributed by atoms with Gasteiger partial charge in [0.25, 0.3) is 0 Å². The first-order valence-corrected chi connectivity index (χ1v) is 9.45. The number of hydrogen-bond acceptors (Lipinski definition) is 3. The van der Waals surface area contributed by atoms with Crippen molar-refractivity contribution in [2.75, 3.05) is 27.2 Å². The predicted octanol–water partition coefficient (Wildman–Crippen LogP) is 4.38. The number of likely N-dealkylation sites (N-methyl/N-ethyl adjacent to an activating group) is 1. The van der Waals surface area contributed by atoms with Crippen molar-refractivity contribution in [3.8, 4) is 5.75 Å². The zero-order valence-electron chi connectivity index (χ0n) is 17.0. The van der Waals surface area contributed by atoms with Gasteiger partial charge in [0.2, 0.25) is 0 Å². The van der Waals surface area contributed by atoms with Crippen molar-refractivity contribution in [1.29, 1.82) is 0 Å². The van der Waals surface area contributed by atoms with Crippen molar-refractivity contribution in [1.82, 2.24) is 4.90 Å². The van der Waals surface area contributed by atoms with Gasteiger partial charge in [-0.2, -0.15) is 0 Å². The predicted molar refractivity (Wildman–Crippen MR) is 109 cm³/mol. The van der Waals surface area contributed by atoms with E-state index >= 15 is 0 Å². The molecule has 2 aromatic carbocycles. The minimum absolute atomic E-state index is 0.126. The molecule has 0 saturated heterocycles. The topological polar surface area (TPSA) is 38.5 Å². The van der Waals surface area contributed by atoms with Gasteiger partial charge in [-0.05, 0) is 42.1 Å². The quantitative estimate of drug-likeness (QED) is 0.891. The van der Waals surface area contributed by atoms with Gasteiger partial charge in [-0.1, -0.05) is 56.7 Å². The molecule has 0 amide bonds. The Morgan fingerprint density at radius 1 is 1.08 bits per heavy atom. The highest BCUT2D eigenvalue weighted by Gasteiger charge is 2.33. The Bertz CT molecular complexity index is 791. The average molecular weight is 353 g/mol. The molecule has 0 saturated carbocycles. The highest BCUT2D eigenvalue weighted by Crippen LogP contribution is 2.42. The molecule has 3 heteroatoms. The molecule has 2 atom stereocenters. The number of nitrogens with two attached hydrogens (primary N) is 1. The lowest BCUT2D eigenvalue weighted by Gasteiger charge is -2.40. The highest BCUT2D eigenvalue weighted by atomic mass is 16.5. The van der Waals surface area contributed by atoms with Crippen LogP contribution in [0, 0.1) is 6.92 Å². The molecule has 26 heavy (non-hydrogen) atoms. The van der Waals surface area contributed by atoms with Crippen LogP contribution in [-0.2, 0) is 5.41 Å². The summed E-state index contributed by atoms with van der Waals surface area (Å²) in [6, 6.07) is 13.7. The van der Waals surface area contributed by atoms with E-state index in [1.54, 1.807) is 7.11 Å². The lowest BCUT2D eigenvalue weighted by Crippen LogP contribution is -2.39. The van der Waals surface area contributed by atoms with Crippen molar-refractivity contribution >= 4 is 0 Å². The summed E-state index contributed by atoms with van der Waals surface area (Å²) in [5, 5.41) is 0. The molecule has 3 nitrogen and oxygen atoms in total. The lowest BCUT2D eigenvalue weighted by molar-refractivity contribution is 0.222. The van der Waals surface area contributed by atoms with Crippen molar-refractivity contribution < 1.29 is 4.74 Å². The van der Waals surface area contributed by atoms with Gasteiger partial charge in [-0.3, -0.25) is 4.90 Å². The second-order valence-corrected chi connectivity index (χ2v) is 8.58. The normalized spacial score (nSPS) is 20.7. The highest BCUT2D eigenvalue weighted by molar-refractivity contribution is 5.50. The second kappa shape index (κ2) is 7.05. The van der Waals surface area contributed by atoms with Crippen LogP contribution in [0.25, 0.3) is 0 Å².